The Bertz CT molecular complexity index is 1090. The molecule has 0 bridgehead atoms. The van der Waals surface area contributed by atoms with E-state index in [4.69, 9.17) is 16.3 Å². The average molecular weight is 419 g/mol. The standard InChI is InChI=1S/C20H19ClN2O4S/c21-17-6-3-7-19(13-17)28(25,26)23-11-10-22-20(24)14-27-18-9-8-15-4-1-2-5-16(15)12-18/h1-9,12-13,23H,10-11,14H2,(H,22,24). The molecule has 0 saturated heterocycles. The molecule has 1 amide bonds. The van der Waals surface area contributed by atoms with Crippen LogP contribution in [0.4, 0.5) is 0 Å². The van der Waals surface area contributed by atoms with Crippen LogP contribution >= 0.6 is 11.6 Å². The fourth-order valence-electron chi connectivity index (χ4n) is 2.56. The highest BCUT2D eigenvalue weighted by atomic mass is 35.5. The Hall–Kier alpha value is -2.61. The predicted molar refractivity (Wildman–Crippen MR) is 109 cm³/mol. The molecule has 2 N–H and O–H groups in total. The van der Waals surface area contributed by atoms with Gasteiger partial charge in [0.15, 0.2) is 6.61 Å². The van der Waals surface area contributed by atoms with Crippen LogP contribution in [0.1, 0.15) is 0 Å². The SMILES string of the molecule is O=C(COc1ccc2ccccc2c1)NCCNS(=O)(=O)c1cccc(Cl)c1. The van der Waals surface area contributed by atoms with Gasteiger partial charge in [-0.3, -0.25) is 4.79 Å². The van der Waals surface area contributed by atoms with E-state index in [2.05, 4.69) is 10.0 Å². The van der Waals surface area contributed by atoms with Crippen LogP contribution in [-0.4, -0.2) is 34.0 Å². The number of sulfonamides is 1. The summed E-state index contributed by atoms with van der Waals surface area (Å²) in [4.78, 5) is 12.0. The second-order valence-corrected chi connectivity index (χ2v) is 8.21. The van der Waals surface area contributed by atoms with Crippen molar-refractivity contribution in [2.75, 3.05) is 19.7 Å². The second kappa shape index (κ2) is 9.05. The van der Waals surface area contributed by atoms with Gasteiger partial charge in [0.1, 0.15) is 5.75 Å². The van der Waals surface area contributed by atoms with Crippen LogP contribution in [0.5, 0.6) is 5.75 Å². The Kier molecular flexibility index (Phi) is 6.51. The summed E-state index contributed by atoms with van der Waals surface area (Å²) in [5.41, 5.74) is 0. The molecular formula is C20H19ClN2O4S. The van der Waals surface area contributed by atoms with Gasteiger partial charge in [0.05, 0.1) is 4.90 Å². The van der Waals surface area contributed by atoms with E-state index in [0.717, 1.165) is 10.8 Å². The lowest BCUT2D eigenvalue weighted by molar-refractivity contribution is -0.123. The van der Waals surface area contributed by atoms with Gasteiger partial charge in [0.25, 0.3) is 5.91 Å². The number of hydrogen-bond donors (Lipinski definition) is 2. The van der Waals surface area contributed by atoms with Crippen molar-refractivity contribution in [2.45, 2.75) is 4.90 Å². The van der Waals surface area contributed by atoms with Crippen molar-refractivity contribution in [3.63, 3.8) is 0 Å². The maximum Gasteiger partial charge on any atom is 0.257 e. The summed E-state index contributed by atoms with van der Waals surface area (Å²) in [7, 11) is -3.67. The largest absolute Gasteiger partial charge is 0.484 e. The molecule has 0 atom stereocenters. The molecule has 3 aromatic carbocycles. The van der Waals surface area contributed by atoms with E-state index in [9.17, 15) is 13.2 Å². The van der Waals surface area contributed by atoms with Crippen molar-refractivity contribution >= 4 is 38.3 Å². The van der Waals surface area contributed by atoms with Crippen LogP contribution in [0.15, 0.2) is 71.6 Å². The van der Waals surface area contributed by atoms with Crippen LogP contribution in [0.25, 0.3) is 10.8 Å². The van der Waals surface area contributed by atoms with Crippen LogP contribution < -0.4 is 14.8 Å². The number of carbonyl (C=O) groups is 1. The van der Waals surface area contributed by atoms with Gasteiger partial charge in [0, 0.05) is 18.1 Å². The highest BCUT2D eigenvalue weighted by Crippen LogP contribution is 2.20. The molecule has 0 radical (unpaired) electrons. The number of nitrogens with one attached hydrogen (secondary N) is 2. The van der Waals surface area contributed by atoms with Crippen LogP contribution in [0.3, 0.4) is 0 Å². The molecule has 0 saturated carbocycles. The number of ether oxygens (including phenoxy) is 1. The van der Waals surface area contributed by atoms with E-state index >= 15 is 0 Å². The van der Waals surface area contributed by atoms with E-state index in [0.29, 0.717) is 10.8 Å². The van der Waals surface area contributed by atoms with Crippen molar-refractivity contribution in [1.82, 2.24) is 10.0 Å². The molecule has 8 heteroatoms. The number of rotatable bonds is 8. The van der Waals surface area contributed by atoms with E-state index in [1.807, 2.05) is 36.4 Å². The highest BCUT2D eigenvalue weighted by molar-refractivity contribution is 7.89. The van der Waals surface area contributed by atoms with Gasteiger partial charge in [-0.1, -0.05) is 48.0 Å². The van der Waals surface area contributed by atoms with Gasteiger partial charge in [0.2, 0.25) is 10.0 Å². The lowest BCUT2D eigenvalue weighted by Crippen LogP contribution is -2.36. The minimum absolute atomic E-state index is 0.0521. The zero-order chi connectivity index (χ0) is 20.0. The predicted octanol–water partition coefficient (Wildman–Crippen LogP) is 2.97. The van der Waals surface area contributed by atoms with Gasteiger partial charge in [-0.2, -0.15) is 0 Å². The van der Waals surface area contributed by atoms with E-state index < -0.39 is 10.0 Å². The lowest BCUT2D eigenvalue weighted by Gasteiger charge is -2.10. The van der Waals surface area contributed by atoms with Gasteiger partial charge in [-0.25, -0.2) is 13.1 Å². The molecule has 0 spiro atoms. The number of carbonyl (C=O) groups excluding carboxylic acids is 1. The third-order valence-corrected chi connectivity index (χ3v) is 5.63. The summed E-state index contributed by atoms with van der Waals surface area (Å²) in [5.74, 6) is 0.255. The Balaban J connectivity index is 1.43. The van der Waals surface area contributed by atoms with Crippen molar-refractivity contribution in [3.05, 3.63) is 71.8 Å². The first-order chi connectivity index (χ1) is 13.4. The Morgan fingerprint density at radius 2 is 1.71 bits per heavy atom. The van der Waals surface area contributed by atoms with Crippen LogP contribution in [0, 0.1) is 0 Å². The molecule has 0 aliphatic heterocycles. The Morgan fingerprint density at radius 3 is 2.50 bits per heavy atom. The second-order valence-electron chi connectivity index (χ2n) is 6.00. The lowest BCUT2D eigenvalue weighted by atomic mass is 10.1. The Labute approximate surface area is 168 Å². The summed E-state index contributed by atoms with van der Waals surface area (Å²) in [6.45, 7) is 0.0374. The molecule has 146 valence electrons. The molecular weight excluding hydrogens is 400 g/mol. The molecule has 28 heavy (non-hydrogen) atoms. The van der Waals surface area contributed by atoms with E-state index in [1.54, 1.807) is 18.2 Å². The fraction of sp³-hybridized carbons (Fsp3) is 0.150. The molecule has 0 aliphatic rings. The third kappa shape index (κ3) is 5.45. The van der Waals surface area contributed by atoms with E-state index in [1.165, 1.54) is 12.1 Å². The molecule has 0 heterocycles. The minimum atomic E-state index is -3.67. The number of hydrogen-bond acceptors (Lipinski definition) is 4. The molecule has 0 fully saturated rings. The Morgan fingerprint density at radius 1 is 0.929 bits per heavy atom. The van der Waals surface area contributed by atoms with Crippen LogP contribution in [0.2, 0.25) is 5.02 Å². The van der Waals surface area contributed by atoms with Crippen LogP contribution in [-0.2, 0) is 14.8 Å². The summed E-state index contributed by atoms with van der Waals surface area (Å²) < 4.78 is 32.2. The molecule has 0 unspecified atom stereocenters. The van der Waals surface area contributed by atoms with Crippen molar-refractivity contribution in [3.8, 4) is 5.75 Å². The van der Waals surface area contributed by atoms with Gasteiger partial charge in [-0.05, 0) is 41.1 Å². The van der Waals surface area contributed by atoms with Crippen molar-refractivity contribution in [2.24, 2.45) is 0 Å². The van der Waals surface area contributed by atoms with Gasteiger partial charge in [-0.15, -0.1) is 0 Å². The maximum atomic E-state index is 12.1. The number of fused-ring (bicyclic) bond motifs is 1. The molecule has 3 aromatic rings. The zero-order valence-corrected chi connectivity index (χ0v) is 16.5. The van der Waals surface area contributed by atoms with Crippen molar-refractivity contribution in [1.29, 1.82) is 0 Å². The first-order valence-electron chi connectivity index (χ1n) is 8.57. The monoisotopic (exact) mass is 418 g/mol. The average Bonchev–Trinajstić information content (AvgIpc) is 2.69. The topological polar surface area (TPSA) is 84.5 Å². The molecule has 0 aromatic heterocycles. The van der Waals surface area contributed by atoms with Crippen molar-refractivity contribution < 1.29 is 17.9 Å². The molecule has 6 nitrogen and oxygen atoms in total. The number of amides is 1. The van der Waals surface area contributed by atoms with E-state index in [-0.39, 0.29) is 30.5 Å². The first-order valence-corrected chi connectivity index (χ1v) is 10.4. The zero-order valence-electron chi connectivity index (χ0n) is 14.9. The molecule has 3 rings (SSSR count). The first kappa shape index (κ1) is 20.1. The highest BCUT2D eigenvalue weighted by Gasteiger charge is 2.13. The quantitative estimate of drug-likeness (QED) is 0.551. The smallest absolute Gasteiger partial charge is 0.257 e. The summed E-state index contributed by atoms with van der Waals surface area (Å²) in [5, 5.41) is 5.06. The fourth-order valence-corrected chi connectivity index (χ4v) is 3.89. The van der Waals surface area contributed by atoms with Gasteiger partial charge >= 0.3 is 0 Å². The number of halogens is 1. The summed E-state index contributed by atoms with van der Waals surface area (Å²) in [6, 6.07) is 19.4. The van der Waals surface area contributed by atoms with Gasteiger partial charge < -0.3 is 10.1 Å². The third-order valence-electron chi connectivity index (χ3n) is 3.94. The number of benzene rings is 3. The summed E-state index contributed by atoms with van der Waals surface area (Å²) >= 11 is 5.81. The summed E-state index contributed by atoms with van der Waals surface area (Å²) in [6.07, 6.45) is 0. The minimum Gasteiger partial charge on any atom is -0.484 e. The molecule has 0 aliphatic carbocycles. The normalized spacial score (nSPS) is 11.3. The maximum absolute atomic E-state index is 12.1.